The van der Waals surface area contributed by atoms with Crippen LogP contribution in [0.2, 0.25) is 0 Å². The molecule has 1 atom stereocenters. The molecule has 1 unspecified atom stereocenters. The smallest absolute Gasteiger partial charge is 0.373 e. The molecule has 1 aromatic rings. The first-order chi connectivity index (χ1) is 8.60. The van der Waals surface area contributed by atoms with Gasteiger partial charge in [0.15, 0.2) is 5.69 Å². The molecule has 1 aliphatic heterocycles. The third kappa shape index (κ3) is 3.02. The fraction of sp³-hybridized carbons (Fsp3) is 0.700. The van der Waals surface area contributed by atoms with Gasteiger partial charge >= 0.3 is 12.4 Å². The first kappa shape index (κ1) is 14.2. The highest BCUT2D eigenvalue weighted by molar-refractivity contribution is 5.31. The summed E-state index contributed by atoms with van der Waals surface area (Å²) in [6.45, 7) is 0.378. The Morgan fingerprint density at radius 1 is 1.21 bits per heavy atom. The molecular weight excluding hydrogens is 278 g/mol. The van der Waals surface area contributed by atoms with Crippen LogP contribution >= 0.6 is 0 Å². The molecule has 2 heterocycles. The zero-order valence-electron chi connectivity index (χ0n) is 9.77. The van der Waals surface area contributed by atoms with Gasteiger partial charge < -0.3 is 4.74 Å². The fourth-order valence-electron chi connectivity index (χ4n) is 1.93. The Morgan fingerprint density at radius 3 is 2.21 bits per heavy atom. The van der Waals surface area contributed by atoms with Crippen LogP contribution in [0.25, 0.3) is 0 Å². The Kier molecular flexibility index (Phi) is 3.28. The van der Waals surface area contributed by atoms with Crippen molar-refractivity contribution in [3.63, 3.8) is 0 Å². The highest BCUT2D eigenvalue weighted by Crippen LogP contribution is 2.39. The van der Waals surface area contributed by atoms with Crippen LogP contribution in [-0.2, 0) is 30.6 Å². The molecule has 0 aliphatic carbocycles. The predicted octanol–water partition coefficient (Wildman–Crippen LogP) is 2.79. The lowest BCUT2D eigenvalue weighted by atomic mass is 10.0. The highest BCUT2D eigenvalue weighted by Gasteiger charge is 2.45. The van der Waals surface area contributed by atoms with Gasteiger partial charge in [0.2, 0.25) is 0 Å². The number of halogens is 6. The number of hydrogen-bond acceptors (Lipinski definition) is 2. The molecule has 0 aromatic carbocycles. The number of nitrogens with zero attached hydrogens (tertiary/aromatic N) is 2. The van der Waals surface area contributed by atoms with E-state index in [4.69, 9.17) is 4.74 Å². The summed E-state index contributed by atoms with van der Waals surface area (Å²) in [7, 11) is 0.856. The van der Waals surface area contributed by atoms with E-state index in [0.717, 1.165) is 7.05 Å². The lowest BCUT2D eigenvalue weighted by Gasteiger charge is -2.10. The summed E-state index contributed by atoms with van der Waals surface area (Å²) in [5.74, 6) is 0. The van der Waals surface area contributed by atoms with Crippen molar-refractivity contribution < 1.29 is 31.1 Å². The summed E-state index contributed by atoms with van der Waals surface area (Å²) in [5, 5.41) is 2.98. The van der Waals surface area contributed by atoms with E-state index in [9.17, 15) is 26.3 Å². The summed E-state index contributed by atoms with van der Waals surface area (Å²) in [6, 6.07) is 0. The van der Waals surface area contributed by atoms with Gasteiger partial charge in [-0.2, -0.15) is 31.4 Å². The van der Waals surface area contributed by atoms with E-state index >= 15 is 0 Å². The standard InChI is InChI=1S/C10H10F6N2O/c1-18-8(10(14,15)16)6(3-2-5-4-19-5)7(17-18)9(11,12)13/h5H,2-4H2,1H3. The fourth-order valence-corrected chi connectivity index (χ4v) is 1.93. The van der Waals surface area contributed by atoms with Gasteiger partial charge in [-0.25, -0.2) is 0 Å². The maximum atomic E-state index is 12.8. The van der Waals surface area contributed by atoms with Gasteiger partial charge in [0, 0.05) is 12.6 Å². The molecule has 1 saturated heterocycles. The zero-order valence-corrected chi connectivity index (χ0v) is 9.77. The first-order valence-electron chi connectivity index (χ1n) is 5.42. The molecular formula is C10H10F6N2O. The molecule has 0 radical (unpaired) electrons. The maximum absolute atomic E-state index is 12.8. The van der Waals surface area contributed by atoms with Crippen molar-refractivity contribution >= 4 is 0 Å². The quantitative estimate of drug-likeness (QED) is 0.632. The van der Waals surface area contributed by atoms with E-state index in [-0.39, 0.29) is 23.6 Å². The van der Waals surface area contributed by atoms with Crippen molar-refractivity contribution in [1.82, 2.24) is 9.78 Å². The molecule has 0 bridgehead atoms. The summed E-state index contributed by atoms with van der Waals surface area (Å²) < 4.78 is 81.5. The average molecular weight is 288 g/mol. The van der Waals surface area contributed by atoms with Gasteiger partial charge in [0.1, 0.15) is 5.69 Å². The van der Waals surface area contributed by atoms with Crippen LogP contribution in [0.1, 0.15) is 23.4 Å². The second-order valence-electron chi connectivity index (χ2n) is 4.29. The van der Waals surface area contributed by atoms with E-state index in [1.165, 1.54) is 0 Å². The average Bonchev–Trinajstić information content (AvgIpc) is 2.95. The van der Waals surface area contributed by atoms with Crippen LogP contribution in [-0.4, -0.2) is 22.5 Å². The second kappa shape index (κ2) is 4.39. The maximum Gasteiger partial charge on any atom is 0.435 e. The monoisotopic (exact) mass is 288 g/mol. The van der Waals surface area contributed by atoms with E-state index in [2.05, 4.69) is 5.10 Å². The minimum atomic E-state index is -4.90. The van der Waals surface area contributed by atoms with Gasteiger partial charge in [0.25, 0.3) is 0 Å². The Morgan fingerprint density at radius 2 is 1.79 bits per heavy atom. The van der Waals surface area contributed by atoms with Crippen LogP contribution in [0.4, 0.5) is 26.3 Å². The van der Waals surface area contributed by atoms with Crippen LogP contribution in [0.15, 0.2) is 0 Å². The van der Waals surface area contributed by atoms with E-state index in [1.54, 1.807) is 0 Å². The number of hydrogen-bond donors (Lipinski definition) is 0. The van der Waals surface area contributed by atoms with Crippen molar-refractivity contribution in [1.29, 1.82) is 0 Å². The van der Waals surface area contributed by atoms with Gasteiger partial charge in [0.05, 0.1) is 12.7 Å². The van der Waals surface area contributed by atoms with E-state index in [0.29, 0.717) is 6.61 Å². The molecule has 0 amide bonds. The van der Waals surface area contributed by atoms with Gasteiger partial charge in [-0.3, -0.25) is 4.68 Å². The summed E-state index contributed by atoms with van der Waals surface area (Å²) in [5.41, 5.74) is -3.62. The Balaban J connectivity index is 2.42. The van der Waals surface area contributed by atoms with Crippen LogP contribution in [0.5, 0.6) is 0 Å². The topological polar surface area (TPSA) is 30.4 Å². The van der Waals surface area contributed by atoms with Crippen molar-refractivity contribution in [2.45, 2.75) is 31.3 Å². The largest absolute Gasteiger partial charge is 0.435 e. The normalized spacial score (nSPS) is 19.8. The first-order valence-corrected chi connectivity index (χ1v) is 5.42. The number of alkyl halides is 6. The molecule has 108 valence electrons. The lowest BCUT2D eigenvalue weighted by molar-refractivity contribution is -0.145. The molecule has 1 aromatic heterocycles. The second-order valence-corrected chi connectivity index (χ2v) is 4.29. The number of aromatic nitrogens is 2. The van der Waals surface area contributed by atoms with Crippen molar-refractivity contribution in [2.75, 3.05) is 6.61 Å². The third-order valence-electron chi connectivity index (χ3n) is 2.80. The SMILES string of the molecule is Cn1nc(C(F)(F)F)c(CCC2CO2)c1C(F)(F)F. The molecule has 1 aliphatic rings. The molecule has 0 spiro atoms. The van der Waals surface area contributed by atoms with E-state index < -0.39 is 29.3 Å². The minimum absolute atomic E-state index is 0.123. The molecule has 1 fully saturated rings. The third-order valence-corrected chi connectivity index (χ3v) is 2.80. The van der Waals surface area contributed by atoms with Crippen LogP contribution < -0.4 is 0 Å². The number of aryl methyl sites for hydroxylation is 1. The van der Waals surface area contributed by atoms with Crippen LogP contribution in [0, 0.1) is 0 Å². The summed E-state index contributed by atoms with van der Waals surface area (Å²) in [4.78, 5) is 0. The predicted molar refractivity (Wildman–Crippen MR) is 51.3 cm³/mol. The number of epoxide rings is 1. The van der Waals surface area contributed by atoms with Gasteiger partial charge in [-0.1, -0.05) is 0 Å². The summed E-state index contributed by atoms with van der Waals surface area (Å²) >= 11 is 0. The number of ether oxygens (including phenoxy) is 1. The highest BCUT2D eigenvalue weighted by atomic mass is 19.4. The Bertz CT molecular complexity index is 472. The Labute approximate surface area is 104 Å². The molecule has 9 heteroatoms. The van der Waals surface area contributed by atoms with Gasteiger partial charge in [-0.15, -0.1) is 0 Å². The van der Waals surface area contributed by atoms with Crippen molar-refractivity contribution in [3.05, 3.63) is 17.0 Å². The Hall–Kier alpha value is -1.25. The van der Waals surface area contributed by atoms with E-state index in [1.807, 2.05) is 0 Å². The lowest BCUT2D eigenvalue weighted by Crippen LogP contribution is -2.15. The molecule has 2 rings (SSSR count). The minimum Gasteiger partial charge on any atom is -0.373 e. The van der Waals surface area contributed by atoms with Crippen molar-refractivity contribution in [2.24, 2.45) is 7.05 Å². The van der Waals surface area contributed by atoms with Crippen LogP contribution in [0.3, 0.4) is 0 Å². The zero-order chi connectivity index (χ0) is 14.4. The number of rotatable bonds is 3. The molecule has 3 nitrogen and oxygen atoms in total. The molecule has 0 N–H and O–H groups in total. The van der Waals surface area contributed by atoms with Crippen molar-refractivity contribution in [3.8, 4) is 0 Å². The van der Waals surface area contributed by atoms with Gasteiger partial charge in [-0.05, 0) is 12.8 Å². The summed E-state index contributed by atoms with van der Waals surface area (Å²) in [6.07, 6.45) is -10.3. The molecule has 19 heavy (non-hydrogen) atoms. The molecule has 0 saturated carbocycles.